The Balaban J connectivity index is 3.00. The summed E-state index contributed by atoms with van der Waals surface area (Å²) >= 11 is 17.6. The highest BCUT2D eigenvalue weighted by molar-refractivity contribution is 7.64. The van der Waals surface area contributed by atoms with Gasteiger partial charge in [0.15, 0.2) is 0 Å². The van der Waals surface area contributed by atoms with E-state index in [2.05, 4.69) is 6.92 Å². The van der Waals surface area contributed by atoms with Crippen molar-refractivity contribution in [1.29, 1.82) is 0 Å². The minimum Gasteiger partial charge on any atom is -0.382 e. The third-order valence-corrected chi connectivity index (χ3v) is 6.57. The Morgan fingerprint density at radius 2 is 0.955 bits per heavy atom. The first-order chi connectivity index (χ1) is 10.6. The molecule has 0 unspecified atom stereocenters. The fraction of sp³-hybridized carbons (Fsp3) is 1.00. The van der Waals surface area contributed by atoms with Gasteiger partial charge in [-0.15, -0.1) is 33.2 Å². The van der Waals surface area contributed by atoms with Gasteiger partial charge in [0, 0.05) is 13.2 Å². The van der Waals surface area contributed by atoms with Gasteiger partial charge in [-0.2, -0.15) is 0 Å². The Bertz CT molecular complexity index is 222. The highest BCUT2D eigenvalue weighted by atomic mass is 35.8. The van der Waals surface area contributed by atoms with Gasteiger partial charge in [0.05, 0.1) is 0 Å². The lowest BCUT2D eigenvalue weighted by Crippen LogP contribution is -2.07. The molecule has 0 saturated heterocycles. The predicted octanol–water partition coefficient (Wildman–Crippen LogP) is 7.75. The second-order valence-corrected chi connectivity index (χ2v) is 15.4. The van der Waals surface area contributed by atoms with Crippen LogP contribution in [0.15, 0.2) is 0 Å². The zero-order valence-electron chi connectivity index (χ0n) is 14.4. The van der Waals surface area contributed by atoms with E-state index in [1.54, 1.807) is 0 Å². The fourth-order valence-corrected chi connectivity index (χ4v) is 4.47. The molecule has 0 N–H and O–H groups in total. The second kappa shape index (κ2) is 16.9. The topological polar surface area (TPSA) is 9.23 Å². The maximum atomic E-state index is 5.86. The largest absolute Gasteiger partial charge is 0.382 e. The van der Waals surface area contributed by atoms with Crippen molar-refractivity contribution in [3.63, 3.8) is 0 Å². The molecule has 0 spiro atoms. The minimum absolute atomic E-state index is 0.822. The van der Waals surface area contributed by atoms with Gasteiger partial charge in [0.25, 0.3) is 0 Å². The quantitative estimate of drug-likeness (QED) is 0.140. The Kier molecular flexibility index (Phi) is 17.7. The van der Waals surface area contributed by atoms with Crippen molar-refractivity contribution in [3.8, 4) is 0 Å². The van der Waals surface area contributed by atoms with Crippen LogP contribution in [0.4, 0.5) is 0 Å². The van der Waals surface area contributed by atoms with Crippen molar-refractivity contribution in [3.05, 3.63) is 0 Å². The van der Waals surface area contributed by atoms with Crippen molar-refractivity contribution in [1.82, 2.24) is 0 Å². The third kappa shape index (κ3) is 21.0. The SMILES string of the molecule is CCOCCCCCCCCCCCCCCC[Si](Cl)(Cl)Cl. The van der Waals surface area contributed by atoms with Crippen LogP contribution in [-0.4, -0.2) is 19.2 Å². The van der Waals surface area contributed by atoms with E-state index in [4.69, 9.17) is 38.0 Å². The van der Waals surface area contributed by atoms with Crippen molar-refractivity contribution in [2.45, 2.75) is 96.4 Å². The summed E-state index contributed by atoms with van der Waals surface area (Å²) in [6.07, 6.45) is 17.3. The normalized spacial score (nSPS) is 12.0. The summed E-state index contributed by atoms with van der Waals surface area (Å²) in [6, 6.07) is -1.53. The van der Waals surface area contributed by atoms with E-state index in [1.807, 2.05) is 0 Å². The Hall–Kier alpha value is 1.05. The van der Waals surface area contributed by atoms with Crippen LogP contribution in [0.25, 0.3) is 0 Å². The molecule has 1 nitrogen and oxygen atoms in total. The van der Waals surface area contributed by atoms with E-state index in [9.17, 15) is 0 Å². The smallest absolute Gasteiger partial charge is 0.341 e. The van der Waals surface area contributed by atoms with Crippen LogP contribution in [0.2, 0.25) is 6.04 Å². The molecule has 0 amide bonds. The molecule has 134 valence electrons. The number of rotatable bonds is 17. The molecule has 0 rings (SSSR count). The molecule has 0 aromatic rings. The van der Waals surface area contributed by atoms with Crippen molar-refractivity contribution >= 4 is 39.2 Å². The van der Waals surface area contributed by atoms with Crippen LogP contribution in [0.3, 0.4) is 0 Å². The first kappa shape index (κ1) is 23.0. The van der Waals surface area contributed by atoms with Gasteiger partial charge < -0.3 is 4.74 Å². The number of halogens is 3. The minimum atomic E-state index is -2.35. The van der Waals surface area contributed by atoms with E-state index < -0.39 is 6.00 Å². The Morgan fingerprint density at radius 1 is 0.591 bits per heavy atom. The molecular formula is C17H35Cl3OSi. The van der Waals surface area contributed by atoms with E-state index in [0.717, 1.165) is 25.7 Å². The standard InChI is InChI=1S/C17H35Cl3OSi/c1-2-21-16-14-12-10-8-6-4-3-5-7-9-11-13-15-17-22(18,19)20/h2-17H2,1H3. The molecule has 0 bridgehead atoms. The number of hydrogen-bond donors (Lipinski definition) is 0. The van der Waals surface area contributed by atoms with E-state index in [1.165, 1.54) is 77.0 Å². The zero-order chi connectivity index (χ0) is 16.5. The monoisotopic (exact) mass is 388 g/mol. The fourth-order valence-electron chi connectivity index (χ4n) is 2.62. The number of unbranched alkanes of at least 4 members (excludes halogenated alkanes) is 12. The molecule has 0 atom stereocenters. The van der Waals surface area contributed by atoms with Crippen LogP contribution >= 0.6 is 33.2 Å². The summed E-state index contributed by atoms with van der Waals surface area (Å²) in [6.45, 7) is 3.86. The maximum absolute atomic E-state index is 5.86. The van der Waals surface area contributed by atoms with E-state index >= 15 is 0 Å². The summed E-state index contributed by atoms with van der Waals surface area (Å²) in [7, 11) is 0. The lowest BCUT2D eigenvalue weighted by atomic mass is 10.0. The van der Waals surface area contributed by atoms with Crippen molar-refractivity contribution < 1.29 is 4.74 Å². The molecule has 0 saturated carbocycles. The molecule has 22 heavy (non-hydrogen) atoms. The molecule has 0 aromatic heterocycles. The van der Waals surface area contributed by atoms with E-state index in [0.29, 0.717) is 0 Å². The molecule has 0 radical (unpaired) electrons. The number of hydrogen-bond acceptors (Lipinski definition) is 1. The number of ether oxygens (including phenoxy) is 1. The van der Waals surface area contributed by atoms with Gasteiger partial charge >= 0.3 is 6.00 Å². The Morgan fingerprint density at radius 3 is 1.32 bits per heavy atom. The molecule has 5 heteroatoms. The van der Waals surface area contributed by atoms with Gasteiger partial charge in [-0.05, 0) is 19.4 Å². The van der Waals surface area contributed by atoms with Gasteiger partial charge in [-0.25, -0.2) is 0 Å². The maximum Gasteiger partial charge on any atom is 0.341 e. The van der Waals surface area contributed by atoms with Gasteiger partial charge in [0.2, 0.25) is 0 Å². The average molecular weight is 390 g/mol. The van der Waals surface area contributed by atoms with Crippen molar-refractivity contribution in [2.24, 2.45) is 0 Å². The first-order valence-corrected chi connectivity index (χ1v) is 14.4. The summed E-state index contributed by atoms with van der Waals surface area (Å²) in [5.74, 6) is 0. The summed E-state index contributed by atoms with van der Waals surface area (Å²) in [5.41, 5.74) is 0. The molecular weight excluding hydrogens is 355 g/mol. The highest BCUT2D eigenvalue weighted by Gasteiger charge is 2.23. The Labute approximate surface area is 153 Å². The lowest BCUT2D eigenvalue weighted by molar-refractivity contribution is 0.143. The van der Waals surface area contributed by atoms with Crippen LogP contribution in [0, 0.1) is 0 Å². The van der Waals surface area contributed by atoms with Crippen LogP contribution in [-0.2, 0) is 4.74 Å². The van der Waals surface area contributed by atoms with Crippen molar-refractivity contribution in [2.75, 3.05) is 13.2 Å². The van der Waals surface area contributed by atoms with Gasteiger partial charge in [-0.3, -0.25) is 0 Å². The van der Waals surface area contributed by atoms with Crippen LogP contribution in [0.5, 0.6) is 0 Å². The molecule has 0 aromatic carbocycles. The molecule has 0 aliphatic carbocycles. The molecule has 0 aliphatic heterocycles. The molecule has 0 aliphatic rings. The van der Waals surface area contributed by atoms with E-state index in [-0.39, 0.29) is 0 Å². The third-order valence-electron chi connectivity index (χ3n) is 3.95. The van der Waals surface area contributed by atoms with Crippen LogP contribution < -0.4 is 0 Å². The summed E-state index contributed by atoms with van der Waals surface area (Å²) < 4.78 is 5.34. The van der Waals surface area contributed by atoms with Gasteiger partial charge in [0.1, 0.15) is 0 Å². The zero-order valence-corrected chi connectivity index (χ0v) is 17.6. The first-order valence-electron chi connectivity index (χ1n) is 9.20. The highest BCUT2D eigenvalue weighted by Crippen LogP contribution is 2.27. The second-order valence-electron chi connectivity index (χ2n) is 6.16. The van der Waals surface area contributed by atoms with Crippen LogP contribution in [0.1, 0.15) is 90.4 Å². The average Bonchev–Trinajstić information content (AvgIpc) is 2.45. The summed E-state index contributed by atoms with van der Waals surface area (Å²) in [4.78, 5) is 0. The predicted molar refractivity (Wildman–Crippen MR) is 105 cm³/mol. The molecule has 0 fully saturated rings. The lowest BCUT2D eigenvalue weighted by Gasteiger charge is -2.07. The van der Waals surface area contributed by atoms with Gasteiger partial charge in [-0.1, -0.05) is 77.0 Å². The molecule has 0 heterocycles. The summed E-state index contributed by atoms with van der Waals surface area (Å²) in [5, 5.41) is 0.